The number of amides is 2. The molecular weight excluding hydrogens is 509 g/mol. The second-order valence-corrected chi connectivity index (χ2v) is 15.4. The lowest BCUT2D eigenvalue weighted by atomic mass is 9.70. The van der Waals surface area contributed by atoms with E-state index in [1.165, 1.54) is 46.1 Å². The van der Waals surface area contributed by atoms with E-state index < -0.39 is 27.4 Å². The number of H-pyrrole nitrogens is 1. The molecule has 1 aromatic heterocycles. The molecule has 2 amide bonds. The van der Waals surface area contributed by atoms with E-state index in [0.29, 0.717) is 0 Å². The highest BCUT2D eigenvalue weighted by Crippen LogP contribution is 2.69. The van der Waals surface area contributed by atoms with E-state index in [1.807, 2.05) is 54.7 Å². The van der Waals surface area contributed by atoms with Crippen molar-refractivity contribution in [2.75, 3.05) is 12.4 Å². The number of carbonyl (C=O) groups excluding carboxylic acids is 2. The molecule has 3 N–H and O–H groups in total. The fourth-order valence-corrected chi connectivity index (χ4v) is 13.8. The number of rotatable bonds is 1. The first kappa shape index (κ1) is 21.4. The van der Waals surface area contributed by atoms with Crippen molar-refractivity contribution < 1.29 is 14.7 Å². The molecule has 11 heteroatoms. The van der Waals surface area contributed by atoms with Gasteiger partial charge in [-0.05, 0) is 71.4 Å². The van der Waals surface area contributed by atoms with Gasteiger partial charge in [-0.25, -0.2) is 0 Å². The number of hydrogen-bond acceptors (Lipinski definition) is 8. The normalized spacial score (nSPS) is 36.2. The zero-order chi connectivity index (χ0) is 23.5. The van der Waals surface area contributed by atoms with Gasteiger partial charge in [0, 0.05) is 29.8 Å². The molecule has 1 unspecified atom stereocenters. The quantitative estimate of drug-likeness (QED) is 0.409. The second-order valence-electron chi connectivity index (χ2n) is 9.13. The molecule has 2 aromatic carbocycles. The summed E-state index contributed by atoms with van der Waals surface area (Å²) in [5.74, 6) is -0.425. The van der Waals surface area contributed by atoms with Crippen molar-refractivity contribution in [2.24, 2.45) is 0 Å². The number of fused-ring (bicyclic) bond motifs is 8. The van der Waals surface area contributed by atoms with E-state index in [0.717, 1.165) is 27.7 Å². The minimum atomic E-state index is -1.46. The van der Waals surface area contributed by atoms with Crippen LogP contribution in [0.15, 0.2) is 54.7 Å². The second kappa shape index (κ2) is 6.85. The lowest BCUT2D eigenvalue weighted by molar-refractivity contribution is -0.165. The predicted octanol–water partition coefficient (Wildman–Crippen LogP) is 3.98. The van der Waals surface area contributed by atoms with Gasteiger partial charge in [0.15, 0.2) is 4.87 Å². The Morgan fingerprint density at radius 1 is 0.971 bits per heavy atom. The Kier molecular flexibility index (Phi) is 4.30. The summed E-state index contributed by atoms with van der Waals surface area (Å²) in [5, 5.41) is 17.0. The number of hydrogen-bond donors (Lipinski definition) is 3. The van der Waals surface area contributed by atoms with Gasteiger partial charge >= 0.3 is 0 Å². The van der Waals surface area contributed by atoms with Crippen LogP contribution in [0.3, 0.4) is 0 Å². The summed E-state index contributed by atoms with van der Waals surface area (Å²) < 4.78 is 0. The highest BCUT2D eigenvalue weighted by atomic mass is 33.7. The molecule has 0 radical (unpaired) electrons. The van der Waals surface area contributed by atoms with E-state index in [2.05, 4.69) is 10.3 Å². The summed E-state index contributed by atoms with van der Waals surface area (Å²) >= 11 is 0. The fourth-order valence-electron chi connectivity index (χ4n) is 6.08. The summed E-state index contributed by atoms with van der Waals surface area (Å²) in [7, 11) is 7.25. The number of aromatic amines is 1. The molecule has 8 rings (SSSR count). The van der Waals surface area contributed by atoms with Gasteiger partial charge in [0.25, 0.3) is 11.8 Å². The Morgan fingerprint density at radius 3 is 2.56 bits per heavy atom. The Balaban J connectivity index is 1.59. The van der Waals surface area contributed by atoms with Crippen molar-refractivity contribution >= 4 is 69.6 Å². The topological polar surface area (TPSA) is 88.7 Å². The lowest BCUT2D eigenvalue weighted by Crippen LogP contribution is -2.74. The van der Waals surface area contributed by atoms with E-state index >= 15 is 0 Å². The van der Waals surface area contributed by atoms with Gasteiger partial charge in [0.2, 0.25) is 4.87 Å². The molecule has 1 spiro atoms. The van der Waals surface area contributed by atoms with Crippen LogP contribution in [0.1, 0.15) is 18.1 Å². The fraction of sp³-hybridized carbons (Fsp3) is 0.304. The number of nitrogens with one attached hydrogen (secondary N) is 2. The molecule has 0 aliphatic carbocycles. The van der Waals surface area contributed by atoms with Crippen LogP contribution in [-0.4, -0.2) is 60.8 Å². The summed E-state index contributed by atoms with van der Waals surface area (Å²) in [5.41, 5.74) is 2.53. The van der Waals surface area contributed by atoms with Gasteiger partial charge in [-0.2, -0.15) is 0 Å². The first-order valence-electron chi connectivity index (χ1n) is 10.8. The predicted molar refractivity (Wildman–Crippen MR) is 140 cm³/mol. The number of likely N-dealkylation sites (N-methyl/N-ethyl adjacent to an activating group) is 1. The number of aliphatic hydroxyl groups is 1. The van der Waals surface area contributed by atoms with Crippen LogP contribution in [0.4, 0.5) is 5.69 Å². The van der Waals surface area contributed by atoms with Crippen molar-refractivity contribution in [2.45, 2.75) is 34.4 Å². The number of piperazine rings is 1. The molecule has 6 heterocycles. The van der Waals surface area contributed by atoms with Crippen LogP contribution >= 0.6 is 41.2 Å². The Labute approximate surface area is 211 Å². The number of anilines is 1. The van der Waals surface area contributed by atoms with Gasteiger partial charge in [-0.3, -0.25) is 14.5 Å². The maximum absolute atomic E-state index is 14.2. The zero-order valence-corrected chi connectivity index (χ0v) is 21.4. The Bertz CT molecular complexity index is 1400. The minimum absolute atomic E-state index is 0.175. The van der Waals surface area contributed by atoms with Crippen LogP contribution in [0.5, 0.6) is 0 Å². The first-order chi connectivity index (χ1) is 16.4. The van der Waals surface area contributed by atoms with Crippen molar-refractivity contribution in [3.05, 3.63) is 65.9 Å². The molecule has 2 bridgehead atoms. The Morgan fingerprint density at radius 2 is 1.71 bits per heavy atom. The van der Waals surface area contributed by atoms with Gasteiger partial charge in [-0.1, -0.05) is 36.4 Å². The monoisotopic (exact) mass is 528 g/mol. The number of para-hydroxylation sites is 2. The average Bonchev–Trinajstić information content (AvgIpc) is 3.47. The van der Waals surface area contributed by atoms with Gasteiger partial charge in [0.1, 0.15) is 12.3 Å². The number of benzene rings is 2. The summed E-state index contributed by atoms with van der Waals surface area (Å²) in [4.78, 5) is 32.4. The van der Waals surface area contributed by atoms with Gasteiger partial charge < -0.3 is 20.3 Å². The number of nitrogens with zero attached hydrogens (tertiary/aromatic N) is 2. The molecular formula is C23H20N4O3S4. The molecule has 4 fully saturated rings. The maximum Gasteiger partial charge on any atom is 0.264 e. The molecule has 3 aromatic rings. The average molecular weight is 529 g/mol. The third-order valence-corrected chi connectivity index (χ3v) is 15.1. The highest BCUT2D eigenvalue weighted by Gasteiger charge is 2.80. The highest BCUT2D eigenvalue weighted by molar-refractivity contribution is 9.26. The smallest absolute Gasteiger partial charge is 0.264 e. The van der Waals surface area contributed by atoms with E-state index in [1.54, 1.807) is 18.9 Å². The van der Waals surface area contributed by atoms with E-state index in [9.17, 15) is 14.7 Å². The zero-order valence-electron chi connectivity index (χ0n) is 18.1. The van der Waals surface area contributed by atoms with Gasteiger partial charge in [0.05, 0.1) is 5.41 Å². The van der Waals surface area contributed by atoms with E-state index in [-0.39, 0.29) is 11.8 Å². The summed E-state index contributed by atoms with van der Waals surface area (Å²) in [6, 6.07) is 15.8. The number of carbonyl (C=O) groups is 2. The largest absolute Gasteiger partial charge is 0.388 e. The SMILES string of the molecule is CN1C(=O)[C@]23SSSSC1(C)C(=O)N2[C@H]1Nc2ccccc2[C@@]1(c1c[nH]c2ccccc12)[C@@H]3O. The molecule has 5 atom stereocenters. The van der Waals surface area contributed by atoms with Crippen LogP contribution < -0.4 is 5.32 Å². The first-order valence-corrected chi connectivity index (χ1v) is 15.6. The molecule has 7 nitrogen and oxygen atoms in total. The van der Waals surface area contributed by atoms with Crippen LogP contribution in [0.25, 0.3) is 10.9 Å². The van der Waals surface area contributed by atoms with Crippen molar-refractivity contribution in [3.8, 4) is 0 Å². The number of aliphatic hydroxyl groups excluding tert-OH is 1. The lowest BCUT2D eigenvalue weighted by Gasteiger charge is -2.54. The standard InChI is InChI=1S/C23H20N4O3S4/c1-21-19(29)27-18-22(13-8-4-6-10-16(13)25-18,14-11-24-15-9-5-3-7-12(14)15)17(28)23(27,20(30)26(21)2)32-34-33-31-21/h3-11,17-18,24-25,28H,1-2H3/t17-,18+,21?,22+,23-/m0/s1. The van der Waals surface area contributed by atoms with Gasteiger partial charge in [-0.15, -0.1) is 0 Å². The molecule has 5 aliphatic heterocycles. The Hall–Kier alpha value is -1.92. The molecule has 0 saturated carbocycles. The summed E-state index contributed by atoms with van der Waals surface area (Å²) in [6.07, 6.45) is 0.112. The third-order valence-electron chi connectivity index (χ3n) is 7.80. The molecule has 5 aliphatic rings. The summed E-state index contributed by atoms with van der Waals surface area (Å²) in [6.45, 7) is 1.80. The molecule has 4 saturated heterocycles. The maximum atomic E-state index is 14.2. The molecule has 34 heavy (non-hydrogen) atoms. The van der Waals surface area contributed by atoms with E-state index in [4.69, 9.17) is 0 Å². The molecule has 174 valence electrons. The number of aromatic nitrogens is 1. The van der Waals surface area contributed by atoms with Crippen LogP contribution in [-0.2, 0) is 15.0 Å². The van der Waals surface area contributed by atoms with Crippen molar-refractivity contribution in [1.82, 2.24) is 14.8 Å². The minimum Gasteiger partial charge on any atom is -0.388 e. The van der Waals surface area contributed by atoms with Crippen LogP contribution in [0, 0.1) is 0 Å². The third kappa shape index (κ3) is 2.18. The van der Waals surface area contributed by atoms with Crippen molar-refractivity contribution in [3.63, 3.8) is 0 Å². The van der Waals surface area contributed by atoms with Crippen molar-refractivity contribution in [1.29, 1.82) is 0 Å². The van der Waals surface area contributed by atoms with Crippen LogP contribution in [0.2, 0.25) is 0 Å².